The molecule has 152 valence electrons. The Bertz CT molecular complexity index is 809. The molecule has 9 heteroatoms. The lowest BCUT2D eigenvalue weighted by Gasteiger charge is -2.46. The van der Waals surface area contributed by atoms with Gasteiger partial charge in [0.1, 0.15) is 12.3 Å². The maximum atomic E-state index is 12.6. The molecule has 0 bridgehead atoms. The van der Waals surface area contributed by atoms with Crippen LogP contribution < -0.4 is 0 Å². The van der Waals surface area contributed by atoms with E-state index < -0.39 is 0 Å². The van der Waals surface area contributed by atoms with E-state index in [0.717, 1.165) is 44.4 Å². The van der Waals surface area contributed by atoms with Crippen LogP contribution in [0.5, 0.6) is 0 Å². The number of hydrogen-bond donors (Lipinski definition) is 1. The van der Waals surface area contributed by atoms with E-state index >= 15 is 0 Å². The van der Waals surface area contributed by atoms with Crippen molar-refractivity contribution in [2.75, 3.05) is 26.8 Å². The minimum atomic E-state index is -0.156. The van der Waals surface area contributed by atoms with Crippen molar-refractivity contribution in [2.45, 2.75) is 51.2 Å². The van der Waals surface area contributed by atoms with Crippen LogP contribution in [0.4, 0.5) is 0 Å². The molecule has 9 nitrogen and oxygen atoms in total. The standard InChI is InChI=1S/C19H27N5O4/c1-13-9-15(22-21-13)18(25)24-6-4-19(5-7-24)11-14(3-8-27-19)10-17-20-16(12-26-2)23-28-17/h9,14H,3-8,10-12H2,1-2H3,(H,21,22). The highest BCUT2D eigenvalue weighted by Crippen LogP contribution is 2.38. The smallest absolute Gasteiger partial charge is 0.274 e. The van der Waals surface area contributed by atoms with Crippen LogP contribution >= 0.6 is 0 Å². The predicted molar refractivity (Wildman–Crippen MR) is 98.6 cm³/mol. The SMILES string of the molecule is COCc1noc(CC2CCOC3(CCN(C(=O)c4cc(C)[nH]n4)CC3)C2)n1. The van der Waals surface area contributed by atoms with E-state index in [4.69, 9.17) is 14.0 Å². The summed E-state index contributed by atoms with van der Waals surface area (Å²) in [6.45, 7) is 4.37. The van der Waals surface area contributed by atoms with Gasteiger partial charge in [0.25, 0.3) is 5.91 Å². The van der Waals surface area contributed by atoms with Gasteiger partial charge in [0.05, 0.1) is 5.60 Å². The maximum absolute atomic E-state index is 12.6. The summed E-state index contributed by atoms with van der Waals surface area (Å²) in [5.74, 6) is 1.68. The number of ether oxygens (including phenoxy) is 2. The number of hydrogen-bond acceptors (Lipinski definition) is 7. The first-order chi connectivity index (χ1) is 13.6. The zero-order valence-electron chi connectivity index (χ0n) is 16.4. The number of rotatable bonds is 5. The molecular formula is C19H27N5O4. The molecule has 0 aliphatic carbocycles. The minimum absolute atomic E-state index is 0.0110. The Hall–Kier alpha value is -2.26. The Morgan fingerprint density at radius 2 is 2.25 bits per heavy atom. The summed E-state index contributed by atoms with van der Waals surface area (Å²) in [5, 5.41) is 10.9. The van der Waals surface area contributed by atoms with Crippen molar-refractivity contribution in [1.82, 2.24) is 25.2 Å². The molecule has 2 aliphatic rings. The second kappa shape index (κ2) is 8.00. The van der Waals surface area contributed by atoms with Gasteiger partial charge >= 0.3 is 0 Å². The van der Waals surface area contributed by atoms with Gasteiger partial charge in [-0.2, -0.15) is 10.1 Å². The maximum Gasteiger partial charge on any atom is 0.274 e. The molecule has 2 aliphatic heterocycles. The molecule has 0 saturated carbocycles. The normalized spacial score (nSPS) is 21.9. The van der Waals surface area contributed by atoms with Gasteiger partial charge < -0.3 is 18.9 Å². The summed E-state index contributed by atoms with van der Waals surface area (Å²) >= 11 is 0. The lowest BCUT2D eigenvalue weighted by Crippen LogP contribution is -2.51. The first-order valence-corrected chi connectivity index (χ1v) is 9.82. The fraction of sp³-hybridized carbons (Fsp3) is 0.684. The molecule has 1 unspecified atom stereocenters. The van der Waals surface area contributed by atoms with E-state index in [-0.39, 0.29) is 11.5 Å². The Morgan fingerprint density at radius 3 is 2.96 bits per heavy atom. The van der Waals surface area contributed by atoms with Crippen LogP contribution in [-0.2, 0) is 22.5 Å². The van der Waals surface area contributed by atoms with Crippen molar-refractivity contribution in [1.29, 1.82) is 0 Å². The summed E-state index contributed by atoms with van der Waals surface area (Å²) in [6, 6.07) is 1.79. The molecule has 1 N–H and O–H groups in total. The van der Waals surface area contributed by atoms with E-state index in [1.54, 1.807) is 13.2 Å². The Labute approximate surface area is 163 Å². The number of H-pyrrole nitrogens is 1. The van der Waals surface area contributed by atoms with Crippen LogP contribution in [-0.4, -0.2) is 63.6 Å². The average molecular weight is 389 g/mol. The highest BCUT2D eigenvalue weighted by atomic mass is 16.5. The average Bonchev–Trinajstić information content (AvgIpc) is 3.31. The number of carbonyl (C=O) groups is 1. The summed E-state index contributed by atoms with van der Waals surface area (Å²) in [7, 11) is 1.61. The number of aromatic amines is 1. The quantitative estimate of drug-likeness (QED) is 0.832. The monoisotopic (exact) mass is 389 g/mol. The molecule has 2 fully saturated rings. The highest BCUT2D eigenvalue weighted by Gasteiger charge is 2.41. The summed E-state index contributed by atoms with van der Waals surface area (Å²) in [6.07, 6.45) is 4.39. The van der Waals surface area contributed by atoms with E-state index in [9.17, 15) is 4.79 Å². The number of piperidine rings is 1. The molecule has 0 radical (unpaired) electrons. The Morgan fingerprint density at radius 1 is 1.43 bits per heavy atom. The van der Waals surface area contributed by atoms with Crippen LogP contribution in [0.2, 0.25) is 0 Å². The zero-order chi connectivity index (χ0) is 19.6. The molecule has 4 rings (SSSR count). The number of aromatic nitrogens is 4. The van der Waals surface area contributed by atoms with Gasteiger partial charge in [0.15, 0.2) is 5.82 Å². The first-order valence-electron chi connectivity index (χ1n) is 9.82. The number of likely N-dealkylation sites (tertiary alicyclic amines) is 1. The molecule has 1 amide bonds. The van der Waals surface area contributed by atoms with Gasteiger partial charge in [-0.05, 0) is 44.6 Å². The van der Waals surface area contributed by atoms with E-state index in [1.807, 2.05) is 11.8 Å². The van der Waals surface area contributed by atoms with Gasteiger partial charge in [-0.25, -0.2) is 0 Å². The van der Waals surface area contributed by atoms with Crippen molar-refractivity contribution >= 4 is 5.91 Å². The molecule has 1 atom stereocenters. The lowest BCUT2D eigenvalue weighted by molar-refractivity contribution is -0.124. The summed E-state index contributed by atoms with van der Waals surface area (Å²) in [4.78, 5) is 18.9. The molecule has 1 spiro atoms. The van der Waals surface area contributed by atoms with Crippen molar-refractivity contribution in [3.63, 3.8) is 0 Å². The van der Waals surface area contributed by atoms with Crippen molar-refractivity contribution in [3.8, 4) is 0 Å². The second-order valence-electron chi connectivity index (χ2n) is 7.86. The number of nitrogens with one attached hydrogen (secondary N) is 1. The number of nitrogens with zero attached hydrogens (tertiary/aromatic N) is 4. The third-order valence-electron chi connectivity index (χ3n) is 5.73. The molecule has 2 saturated heterocycles. The van der Waals surface area contributed by atoms with E-state index in [2.05, 4.69) is 20.3 Å². The number of methoxy groups -OCH3 is 1. The van der Waals surface area contributed by atoms with Gasteiger partial charge in [-0.15, -0.1) is 0 Å². The largest absolute Gasteiger partial charge is 0.377 e. The van der Waals surface area contributed by atoms with Crippen molar-refractivity contribution < 1.29 is 18.8 Å². The molecule has 4 heterocycles. The van der Waals surface area contributed by atoms with Crippen LogP contribution in [0, 0.1) is 12.8 Å². The Balaban J connectivity index is 1.33. The fourth-order valence-electron chi connectivity index (χ4n) is 4.27. The number of aryl methyl sites for hydroxylation is 1. The third-order valence-corrected chi connectivity index (χ3v) is 5.73. The summed E-state index contributed by atoms with van der Waals surface area (Å²) in [5.41, 5.74) is 1.22. The zero-order valence-corrected chi connectivity index (χ0v) is 16.4. The third kappa shape index (κ3) is 4.10. The fourth-order valence-corrected chi connectivity index (χ4v) is 4.27. The number of carbonyl (C=O) groups excluding carboxylic acids is 1. The Kier molecular flexibility index (Phi) is 5.45. The molecule has 28 heavy (non-hydrogen) atoms. The predicted octanol–water partition coefficient (Wildman–Crippen LogP) is 1.89. The number of amides is 1. The van der Waals surface area contributed by atoms with Crippen LogP contribution in [0.25, 0.3) is 0 Å². The second-order valence-corrected chi connectivity index (χ2v) is 7.86. The molecule has 2 aromatic heterocycles. The van der Waals surface area contributed by atoms with Crippen LogP contribution in [0.3, 0.4) is 0 Å². The van der Waals surface area contributed by atoms with E-state index in [0.29, 0.717) is 43.0 Å². The lowest BCUT2D eigenvalue weighted by atomic mass is 9.78. The molecular weight excluding hydrogens is 362 g/mol. The molecule has 2 aromatic rings. The van der Waals surface area contributed by atoms with Crippen LogP contribution in [0.1, 0.15) is 53.6 Å². The van der Waals surface area contributed by atoms with E-state index in [1.165, 1.54) is 0 Å². The van der Waals surface area contributed by atoms with Gasteiger partial charge in [0.2, 0.25) is 5.89 Å². The van der Waals surface area contributed by atoms with Crippen LogP contribution in [0.15, 0.2) is 10.6 Å². The first kappa shape index (κ1) is 19.1. The van der Waals surface area contributed by atoms with Crippen molar-refractivity contribution in [3.05, 3.63) is 29.2 Å². The van der Waals surface area contributed by atoms with Gasteiger partial charge in [-0.1, -0.05) is 5.16 Å². The summed E-state index contributed by atoms with van der Waals surface area (Å²) < 4.78 is 16.6. The van der Waals surface area contributed by atoms with Gasteiger partial charge in [0, 0.05) is 38.9 Å². The topological polar surface area (TPSA) is 106 Å². The van der Waals surface area contributed by atoms with Gasteiger partial charge in [-0.3, -0.25) is 9.89 Å². The highest BCUT2D eigenvalue weighted by molar-refractivity contribution is 5.92. The van der Waals surface area contributed by atoms with Crippen molar-refractivity contribution in [2.24, 2.45) is 5.92 Å². The molecule has 0 aromatic carbocycles. The minimum Gasteiger partial charge on any atom is -0.377 e.